The molecule has 2 aliphatic rings. The molecule has 2 fully saturated rings. The Morgan fingerprint density at radius 3 is 1.60 bits per heavy atom. The fourth-order valence-corrected chi connectivity index (χ4v) is 6.48. The third-order valence-electron chi connectivity index (χ3n) is 8.14. The van der Waals surface area contributed by atoms with Crippen LogP contribution in [0.4, 0.5) is 11.9 Å². The number of carbonyl (C=O) groups excluding carboxylic acids is 2. The molecule has 0 bridgehead atoms. The molecule has 4 aromatic rings. The van der Waals surface area contributed by atoms with Gasteiger partial charge in [0.05, 0.1) is 38.1 Å². The van der Waals surface area contributed by atoms with Crippen molar-refractivity contribution < 1.29 is 42.9 Å². The van der Waals surface area contributed by atoms with Crippen LogP contribution in [0.25, 0.3) is 22.3 Å². The Morgan fingerprint density at radius 1 is 0.840 bits per heavy atom. The number of nitrogens with zero attached hydrogens (tertiary/aromatic N) is 6. The van der Waals surface area contributed by atoms with Gasteiger partial charge < -0.3 is 28.7 Å². The van der Waals surface area contributed by atoms with Crippen LogP contribution >= 0.6 is 8.25 Å². The molecule has 22 heteroatoms. The summed E-state index contributed by atoms with van der Waals surface area (Å²) in [7, 11) is -3.38. The Kier molecular flexibility index (Phi) is 10.3. The van der Waals surface area contributed by atoms with Gasteiger partial charge in [-0.1, -0.05) is 27.7 Å². The Balaban J connectivity index is 1.24. The number of amides is 2. The molecule has 21 nitrogen and oxygen atoms in total. The molecule has 0 aliphatic carbocycles. The smallest absolute Gasteiger partial charge is 0.320 e. The molecule has 6 atom stereocenters. The minimum atomic E-state index is -3.38. The number of nitrogens with one attached hydrogen (secondary N) is 4. The number of aromatic amines is 2. The summed E-state index contributed by atoms with van der Waals surface area (Å²) < 4.78 is 39.9. The van der Waals surface area contributed by atoms with Crippen molar-refractivity contribution in [2.24, 2.45) is 11.8 Å². The van der Waals surface area contributed by atoms with Crippen molar-refractivity contribution in [1.29, 1.82) is 0 Å². The fraction of sp³-hybridized carbons (Fsp3) is 0.571. The standard InChI is InChI=1S/C28H37N10O11P/c1-11(2)21(41)33-27-31-19-17(23(43)35-27)29-9-37(19)25-15(5-13(7-39)46-25)48-50(45)49-16-6-14(8-40)47-26(16)38-10-30-18-20(38)32-28(36-24(18)44)34-22(42)12(3)4/h9-16,25-26,39-40,50H,5-8H2,1-4H3,(H2,31,33,35,41,43)(H2,32,34,36,42,44)/t13-,14-,15-,16-,25+,26+/m0/s1. The van der Waals surface area contributed by atoms with Crippen molar-refractivity contribution in [2.45, 2.75) is 77.4 Å². The van der Waals surface area contributed by atoms with Gasteiger partial charge in [0.2, 0.25) is 23.7 Å². The van der Waals surface area contributed by atoms with Crippen molar-refractivity contribution in [3.05, 3.63) is 33.4 Å². The largest absolute Gasteiger partial charge is 0.394 e. The molecule has 4 aromatic heterocycles. The highest BCUT2D eigenvalue weighted by Gasteiger charge is 2.43. The maximum Gasteiger partial charge on any atom is 0.320 e. The number of hydrogen-bond acceptors (Lipinski definition) is 15. The first-order valence-electron chi connectivity index (χ1n) is 15.8. The predicted molar refractivity (Wildman–Crippen MR) is 173 cm³/mol. The van der Waals surface area contributed by atoms with Gasteiger partial charge in [0.25, 0.3) is 11.1 Å². The van der Waals surface area contributed by atoms with Gasteiger partial charge in [-0.3, -0.25) is 53.5 Å². The van der Waals surface area contributed by atoms with Gasteiger partial charge in [0.15, 0.2) is 34.8 Å². The third-order valence-corrected chi connectivity index (χ3v) is 9.13. The molecule has 0 saturated carbocycles. The molecule has 50 heavy (non-hydrogen) atoms. The van der Waals surface area contributed by atoms with Crippen LogP contribution in [-0.2, 0) is 32.7 Å². The molecule has 2 saturated heterocycles. The highest BCUT2D eigenvalue weighted by molar-refractivity contribution is 7.33. The number of hydrogen-bond donors (Lipinski definition) is 6. The number of aromatic nitrogens is 8. The van der Waals surface area contributed by atoms with E-state index in [1.807, 2.05) is 0 Å². The zero-order chi connectivity index (χ0) is 35.9. The monoisotopic (exact) mass is 720 g/mol. The number of anilines is 2. The van der Waals surface area contributed by atoms with Crippen LogP contribution in [0.1, 0.15) is 53.0 Å². The number of imidazole rings is 2. The highest BCUT2D eigenvalue weighted by Crippen LogP contribution is 2.43. The van der Waals surface area contributed by atoms with Crippen LogP contribution in [0.5, 0.6) is 0 Å². The highest BCUT2D eigenvalue weighted by atomic mass is 31.1. The van der Waals surface area contributed by atoms with E-state index in [0.29, 0.717) is 0 Å². The normalized spacial score (nSPS) is 23.9. The van der Waals surface area contributed by atoms with E-state index in [1.165, 1.54) is 21.8 Å². The first-order chi connectivity index (χ1) is 23.9. The quantitative estimate of drug-likeness (QED) is 0.106. The molecule has 0 unspecified atom stereocenters. The summed E-state index contributed by atoms with van der Waals surface area (Å²) in [5.74, 6) is -1.77. The number of carbonyl (C=O) groups is 2. The molecule has 2 amide bonds. The lowest BCUT2D eigenvalue weighted by Crippen LogP contribution is -2.25. The molecule has 0 aromatic carbocycles. The summed E-state index contributed by atoms with van der Waals surface area (Å²) in [6.07, 6.45) is -2.86. The fourth-order valence-electron chi connectivity index (χ4n) is 5.51. The minimum Gasteiger partial charge on any atom is -0.394 e. The van der Waals surface area contributed by atoms with E-state index in [-0.39, 0.29) is 58.9 Å². The Hall–Kier alpha value is -4.37. The van der Waals surface area contributed by atoms with Crippen LogP contribution in [0.2, 0.25) is 0 Å². The molecule has 6 heterocycles. The van der Waals surface area contributed by atoms with Crippen LogP contribution < -0.4 is 21.8 Å². The van der Waals surface area contributed by atoms with Crippen LogP contribution in [-0.4, -0.2) is 98.7 Å². The van der Waals surface area contributed by atoms with E-state index in [0.717, 1.165) is 0 Å². The summed E-state index contributed by atoms with van der Waals surface area (Å²) >= 11 is 0. The van der Waals surface area contributed by atoms with E-state index in [1.54, 1.807) is 27.7 Å². The van der Waals surface area contributed by atoms with Crippen LogP contribution in [0.3, 0.4) is 0 Å². The summed E-state index contributed by atoms with van der Waals surface area (Å²) in [6.45, 7) is 5.90. The zero-order valence-electron chi connectivity index (χ0n) is 27.4. The number of ether oxygens (including phenoxy) is 2. The maximum atomic E-state index is 13.5. The number of rotatable bonds is 12. The van der Waals surface area contributed by atoms with Gasteiger partial charge in [-0.25, -0.2) is 9.97 Å². The van der Waals surface area contributed by atoms with E-state index >= 15 is 0 Å². The average Bonchev–Trinajstić information content (AvgIpc) is 3.86. The minimum absolute atomic E-state index is 0.0408. The van der Waals surface area contributed by atoms with Gasteiger partial charge in [-0.15, -0.1) is 0 Å². The van der Waals surface area contributed by atoms with Crippen molar-refractivity contribution in [3.8, 4) is 0 Å². The van der Waals surface area contributed by atoms with Gasteiger partial charge >= 0.3 is 8.25 Å². The Bertz CT molecular complexity index is 1900. The topological polar surface area (TPSA) is 280 Å². The van der Waals surface area contributed by atoms with Gasteiger partial charge in [-0.05, 0) is 0 Å². The van der Waals surface area contributed by atoms with E-state index in [2.05, 4.69) is 40.5 Å². The number of H-pyrrole nitrogens is 2. The molecule has 0 radical (unpaired) electrons. The molecule has 6 rings (SSSR count). The van der Waals surface area contributed by atoms with Gasteiger partial charge in [0, 0.05) is 24.7 Å². The first-order valence-corrected chi connectivity index (χ1v) is 17.0. The van der Waals surface area contributed by atoms with E-state index < -0.39 is 81.3 Å². The third kappa shape index (κ3) is 7.11. The summed E-state index contributed by atoms with van der Waals surface area (Å²) in [5, 5.41) is 24.8. The van der Waals surface area contributed by atoms with Crippen molar-refractivity contribution in [3.63, 3.8) is 0 Å². The van der Waals surface area contributed by atoms with Crippen LogP contribution in [0.15, 0.2) is 22.2 Å². The molecular weight excluding hydrogens is 683 g/mol. The van der Waals surface area contributed by atoms with Crippen molar-refractivity contribution in [2.75, 3.05) is 23.8 Å². The first kappa shape index (κ1) is 35.5. The van der Waals surface area contributed by atoms with Gasteiger partial charge in [-0.2, -0.15) is 9.97 Å². The molecule has 2 aliphatic heterocycles. The molecule has 6 N–H and O–H groups in total. The Morgan fingerprint density at radius 2 is 1.24 bits per heavy atom. The predicted octanol–water partition coefficient (Wildman–Crippen LogP) is 0.162. The lowest BCUT2D eigenvalue weighted by molar-refractivity contribution is -0.119. The second kappa shape index (κ2) is 14.5. The molecule has 270 valence electrons. The van der Waals surface area contributed by atoms with Crippen molar-refractivity contribution >= 4 is 54.3 Å². The number of aliphatic hydroxyl groups is 2. The molecular formula is C28H37N10O11P. The van der Waals surface area contributed by atoms with Crippen molar-refractivity contribution in [1.82, 2.24) is 39.0 Å². The number of fused-ring (bicyclic) bond motifs is 2. The van der Waals surface area contributed by atoms with E-state index in [9.17, 15) is 34.0 Å². The molecule has 0 spiro atoms. The second-order valence-electron chi connectivity index (χ2n) is 12.5. The van der Waals surface area contributed by atoms with Crippen LogP contribution in [0, 0.1) is 11.8 Å². The Labute approximate surface area is 282 Å². The lowest BCUT2D eigenvalue weighted by atomic mass is 10.2. The van der Waals surface area contributed by atoms with E-state index in [4.69, 9.17) is 18.5 Å². The second-order valence-corrected chi connectivity index (χ2v) is 13.4. The summed E-state index contributed by atoms with van der Waals surface area (Å²) in [6, 6.07) is 0. The summed E-state index contributed by atoms with van der Waals surface area (Å²) in [5.41, 5.74) is -1.28. The number of aliphatic hydroxyl groups excluding tert-OH is 2. The zero-order valence-corrected chi connectivity index (χ0v) is 28.4. The SMILES string of the molecule is CC(C)C(=O)Nc1nc2c(ncn2[C@@H]2O[C@H](CO)C[C@@H]2O[PH](=O)O[C@H]2C[C@@H](CO)O[C@H]2n2cnc3c(=O)[nH]c(NC(=O)C(C)C)nc32)c(=O)[nH]1. The van der Waals surface area contributed by atoms with Gasteiger partial charge in [0.1, 0.15) is 12.2 Å². The summed E-state index contributed by atoms with van der Waals surface area (Å²) in [4.78, 5) is 71.9. The maximum absolute atomic E-state index is 13.5. The lowest BCUT2D eigenvalue weighted by Gasteiger charge is -2.23. The average molecular weight is 721 g/mol.